The molecule has 0 fully saturated rings. The van der Waals surface area contributed by atoms with Gasteiger partial charge >= 0.3 is 0 Å². The number of nitrogens with zero attached hydrogens (tertiary/aromatic N) is 3. The summed E-state index contributed by atoms with van der Waals surface area (Å²) in [5.41, 5.74) is 3.28. The molecule has 1 unspecified atom stereocenters. The Bertz CT molecular complexity index is 910. The molecule has 0 bridgehead atoms. The van der Waals surface area contributed by atoms with Gasteiger partial charge in [-0.1, -0.05) is 18.2 Å². The Morgan fingerprint density at radius 1 is 1.04 bits per heavy atom. The second kappa shape index (κ2) is 9.08. The Morgan fingerprint density at radius 3 is 2.57 bits per heavy atom. The van der Waals surface area contributed by atoms with Crippen molar-refractivity contribution < 1.29 is 4.79 Å². The lowest BCUT2D eigenvalue weighted by Gasteiger charge is -2.14. The highest BCUT2D eigenvalue weighted by Gasteiger charge is 2.12. The molecule has 0 saturated heterocycles. The van der Waals surface area contributed by atoms with Gasteiger partial charge in [0, 0.05) is 35.6 Å². The zero-order valence-corrected chi connectivity index (χ0v) is 16.4. The van der Waals surface area contributed by atoms with E-state index >= 15 is 0 Å². The van der Waals surface area contributed by atoms with Gasteiger partial charge in [-0.3, -0.25) is 9.78 Å². The third-order valence-corrected chi connectivity index (χ3v) is 4.16. The summed E-state index contributed by atoms with van der Waals surface area (Å²) >= 11 is 0. The third-order valence-electron chi connectivity index (χ3n) is 4.16. The fourth-order valence-electron chi connectivity index (χ4n) is 2.91. The van der Waals surface area contributed by atoms with Crippen LogP contribution in [0.4, 0.5) is 5.82 Å². The Labute approximate surface area is 165 Å². The Kier molecular flexibility index (Phi) is 6.32. The maximum Gasteiger partial charge on any atom is 0.251 e. The van der Waals surface area contributed by atoms with Crippen LogP contribution in [0.3, 0.4) is 0 Å². The van der Waals surface area contributed by atoms with E-state index in [0.717, 1.165) is 29.1 Å². The first-order chi connectivity index (χ1) is 13.5. The smallest absolute Gasteiger partial charge is 0.251 e. The lowest BCUT2D eigenvalue weighted by atomic mass is 10.1. The molecule has 1 aromatic carbocycles. The van der Waals surface area contributed by atoms with Crippen LogP contribution < -0.4 is 10.6 Å². The number of hydrogen-bond acceptors (Lipinski definition) is 5. The van der Waals surface area contributed by atoms with Crippen molar-refractivity contribution in [2.24, 2.45) is 0 Å². The van der Waals surface area contributed by atoms with Crippen LogP contribution in [0.1, 0.15) is 36.7 Å². The van der Waals surface area contributed by atoms with E-state index in [1.165, 1.54) is 0 Å². The van der Waals surface area contributed by atoms with Crippen LogP contribution in [0.15, 0.2) is 60.9 Å². The standard InChI is InChI=1S/C22H25N5O/c1-15(2)24-21-10-9-20(26-27-21)18-7-4-8-19(13-18)22(28)25-16(3)12-17-6-5-11-23-14-17/h4-11,13-16H,12H2,1-3H3,(H,24,27)(H,25,28). The number of anilines is 1. The molecule has 6 heteroatoms. The molecule has 3 rings (SSSR count). The Morgan fingerprint density at radius 2 is 1.89 bits per heavy atom. The molecule has 28 heavy (non-hydrogen) atoms. The molecule has 1 amide bonds. The predicted octanol–water partition coefficient (Wildman–Crippen LogP) is 3.72. The van der Waals surface area contributed by atoms with Crippen LogP contribution in [0, 0.1) is 0 Å². The number of rotatable bonds is 7. The van der Waals surface area contributed by atoms with Crippen LogP contribution in [0.5, 0.6) is 0 Å². The van der Waals surface area contributed by atoms with Gasteiger partial charge in [-0.05, 0) is 63.1 Å². The highest BCUT2D eigenvalue weighted by Crippen LogP contribution is 2.19. The maximum absolute atomic E-state index is 12.6. The van der Waals surface area contributed by atoms with Crippen molar-refractivity contribution in [1.82, 2.24) is 20.5 Å². The molecule has 3 aromatic rings. The average Bonchev–Trinajstić information content (AvgIpc) is 2.69. The molecule has 0 aliphatic rings. The lowest BCUT2D eigenvalue weighted by Crippen LogP contribution is -2.34. The number of carbonyl (C=O) groups is 1. The van der Waals surface area contributed by atoms with E-state index in [1.54, 1.807) is 12.3 Å². The molecule has 2 N–H and O–H groups in total. The first kappa shape index (κ1) is 19.5. The minimum absolute atomic E-state index is 0.00143. The normalized spacial score (nSPS) is 11.9. The molecule has 6 nitrogen and oxygen atoms in total. The lowest BCUT2D eigenvalue weighted by molar-refractivity contribution is 0.0940. The van der Waals surface area contributed by atoms with Gasteiger partial charge in [0.15, 0.2) is 0 Å². The summed E-state index contributed by atoms with van der Waals surface area (Å²) in [6.07, 6.45) is 4.29. The third kappa shape index (κ3) is 5.36. The molecule has 0 aliphatic carbocycles. The van der Waals surface area contributed by atoms with Crippen LogP contribution in [-0.4, -0.2) is 33.2 Å². The number of carbonyl (C=O) groups excluding carboxylic acids is 1. The molecular formula is C22H25N5O. The topological polar surface area (TPSA) is 79.8 Å². The number of nitrogens with one attached hydrogen (secondary N) is 2. The van der Waals surface area contributed by atoms with Crippen molar-refractivity contribution in [1.29, 1.82) is 0 Å². The van der Waals surface area contributed by atoms with Gasteiger partial charge in [-0.2, -0.15) is 0 Å². The SMILES string of the molecule is CC(C)Nc1ccc(-c2cccc(C(=O)NC(C)Cc3cccnc3)c2)nn1. The summed E-state index contributed by atoms with van der Waals surface area (Å²) in [5.74, 6) is 0.626. The summed E-state index contributed by atoms with van der Waals surface area (Å²) in [4.78, 5) is 16.7. The minimum Gasteiger partial charge on any atom is -0.366 e. The first-order valence-corrected chi connectivity index (χ1v) is 9.42. The molecule has 2 aromatic heterocycles. The molecule has 1 atom stereocenters. The molecule has 0 radical (unpaired) electrons. The Hall–Kier alpha value is -3.28. The maximum atomic E-state index is 12.6. The van der Waals surface area contributed by atoms with Gasteiger partial charge in [0.1, 0.15) is 5.82 Å². The summed E-state index contributed by atoms with van der Waals surface area (Å²) in [5, 5.41) is 14.7. The molecule has 0 spiro atoms. The zero-order valence-electron chi connectivity index (χ0n) is 16.4. The first-order valence-electron chi connectivity index (χ1n) is 9.42. The van der Waals surface area contributed by atoms with Gasteiger partial charge in [-0.25, -0.2) is 0 Å². The van der Waals surface area contributed by atoms with E-state index < -0.39 is 0 Å². The molecule has 144 valence electrons. The molecule has 2 heterocycles. The number of hydrogen-bond donors (Lipinski definition) is 2. The second-order valence-corrected chi connectivity index (χ2v) is 7.12. The van der Waals surface area contributed by atoms with E-state index in [1.807, 2.05) is 69.4 Å². The minimum atomic E-state index is -0.107. The predicted molar refractivity (Wildman–Crippen MR) is 111 cm³/mol. The van der Waals surface area contributed by atoms with E-state index in [-0.39, 0.29) is 11.9 Å². The van der Waals surface area contributed by atoms with Gasteiger partial charge in [-0.15, -0.1) is 10.2 Å². The van der Waals surface area contributed by atoms with Crippen molar-refractivity contribution >= 4 is 11.7 Å². The number of benzene rings is 1. The zero-order chi connectivity index (χ0) is 19.9. The van der Waals surface area contributed by atoms with E-state index in [0.29, 0.717) is 11.6 Å². The Balaban J connectivity index is 1.67. The summed E-state index contributed by atoms with van der Waals surface area (Å²) < 4.78 is 0. The summed E-state index contributed by atoms with van der Waals surface area (Å²) in [7, 11) is 0. The van der Waals surface area contributed by atoms with E-state index in [9.17, 15) is 4.79 Å². The quantitative estimate of drug-likeness (QED) is 0.658. The summed E-state index contributed by atoms with van der Waals surface area (Å²) in [6.45, 7) is 6.08. The monoisotopic (exact) mass is 375 g/mol. The second-order valence-electron chi connectivity index (χ2n) is 7.12. The van der Waals surface area contributed by atoms with Gasteiger partial charge in [0.05, 0.1) is 5.69 Å². The van der Waals surface area contributed by atoms with E-state index in [2.05, 4.69) is 25.8 Å². The van der Waals surface area contributed by atoms with Crippen LogP contribution in [0.2, 0.25) is 0 Å². The van der Waals surface area contributed by atoms with Crippen molar-refractivity contribution in [3.05, 3.63) is 72.1 Å². The van der Waals surface area contributed by atoms with Crippen molar-refractivity contribution in [3.63, 3.8) is 0 Å². The van der Waals surface area contributed by atoms with Crippen molar-refractivity contribution in [3.8, 4) is 11.3 Å². The largest absolute Gasteiger partial charge is 0.366 e. The van der Waals surface area contributed by atoms with Crippen molar-refractivity contribution in [2.45, 2.75) is 39.3 Å². The van der Waals surface area contributed by atoms with Gasteiger partial charge < -0.3 is 10.6 Å². The fraction of sp³-hybridized carbons (Fsp3) is 0.273. The van der Waals surface area contributed by atoms with Crippen LogP contribution in [-0.2, 0) is 6.42 Å². The van der Waals surface area contributed by atoms with Gasteiger partial charge in [0.25, 0.3) is 5.91 Å². The van der Waals surface area contributed by atoms with Crippen LogP contribution >= 0.6 is 0 Å². The molecule has 0 aliphatic heterocycles. The fourth-order valence-corrected chi connectivity index (χ4v) is 2.91. The number of pyridine rings is 1. The van der Waals surface area contributed by atoms with E-state index in [4.69, 9.17) is 0 Å². The average molecular weight is 375 g/mol. The number of amides is 1. The summed E-state index contributed by atoms with van der Waals surface area (Å²) in [6, 6.07) is 15.4. The highest BCUT2D eigenvalue weighted by molar-refractivity contribution is 5.95. The molecule has 0 saturated carbocycles. The highest BCUT2D eigenvalue weighted by atomic mass is 16.1. The van der Waals surface area contributed by atoms with Crippen molar-refractivity contribution in [2.75, 3.05) is 5.32 Å². The van der Waals surface area contributed by atoms with Gasteiger partial charge in [0.2, 0.25) is 0 Å². The van der Waals surface area contributed by atoms with Crippen LogP contribution in [0.25, 0.3) is 11.3 Å². The molecular weight excluding hydrogens is 350 g/mol. The number of aromatic nitrogens is 3.